The van der Waals surface area contributed by atoms with Crippen LogP contribution in [-0.4, -0.2) is 25.2 Å². The summed E-state index contributed by atoms with van der Waals surface area (Å²) in [5.41, 5.74) is 1.00. The molecule has 0 aliphatic carbocycles. The second-order valence-corrected chi connectivity index (χ2v) is 5.23. The fourth-order valence-corrected chi connectivity index (χ4v) is 2.21. The second kappa shape index (κ2) is 7.14. The van der Waals surface area contributed by atoms with Gasteiger partial charge < -0.3 is 15.4 Å². The number of carbonyl (C=O) groups is 1. The fourth-order valence-electron chi connectivity index (χ4n) is 2.21. The van der Waals surface area contributed by atoms with Gasteiger partial charge in [0, 0.05) is 12.6 Å². The molecule has 0 spiro atoms. The molecular formula is C15H22N2O2. The molecule has 2 N–H and O–H groups in total. The summed E-state index contributed by atoms with van der Waals surface area (Å²) in [6.45, 7) is 4.23. The maximum Gasteiger partial charge on any atom is 0.407 e. The highest BCUT2D eigenvalue weighted by atomic mass is 16.5. The lowest BCUT2D eigenvalue weighted by Crippen LogP contribution is -2.45. The van der Waals surface area contributed by atoms with Crippen LogP contribution in [0.15, 0.2) is 30.3 Å². The van der Waals surface area contributed by atoms with Crippen LogP contribution in [0, 0.1) is 5.92 Å². The van der Waals surface area contributed by atoms with E-state index in [-0.39, 0.29) is 6.09 Å². The van der Waals surface area contributed by atoms with Crippen molar-refractivity contribution in [2.45, 2.75) is 32.4 Å². The Labute approximate surface area is 114 Å². The lowest BCUT2D eigenvalue weighted by Gasteiger charge is -2.27. The quantitative estimate of drug-likeness (QED) is 0.875. The first kappa shape index (κ1) is 13.9. The van der Waals surface area contributed by atoms with Crippen LogP contribution in [-0.2, 0) is 11.3 Å². The number of piperidine rings is 1. The standard InChI is InChI=1S/C15H22N2O2/c1-12-7-8-14(16-9-12)10-17-15(18)19-11-13-5-3-2-4-6-13/h2-6,12,14,16H,7-11H2,1H3,(H,17,18)/t12-,14+/m1/s1. The molecule has 104 valence electrons. The first-order valence-electron chi connectivity index (χ1n) is 6.92. The molecule has 4 nitrogen and oxygen atoms in total. The molecule has 0 aromatic heterocycles. The highest BCUT2D eigenvalue weighted by Gasteiger charge is 2.17. The van der Waals surface area contributed by atoms with E-state index in [2.05, 4.69) is 17.6 Å². The monoisotopic (exact) mass is 262 g/mol. The Morgan fingerprint density at radius 2 is 2.16 bits per heavy atom. The zero-order valence-electron chi connectivity index (χ0n) is 11.4. The van der Waals surface area contributed by atoms with Crippen molar-refractivity contribution in [2.24, 2.45) is 5.92 Å². The predicted octanol–water partition coefficient (Wildman–Crippen LogP) is 2.30. The zero-order chi connectivity index (χ0) is 13.5. The van der Waals surface area contributed by atoms with Crippen LogP contribution in [0.5, 0.6) is 0 Å². The van der Waals surface area contributed by atoms with Gasteiger partial charge in [-0.05, 0) is 30.9 Å². The molecular weight excluding hydrogens is 240 g/mol. The molecule has 19 heavy (non-hydrogen) atoms. The molecule has 0 saturated carbocycles. The van der Waals surface area contributed by atoms with Crippen molar-refractivity contribution < 1.29 is 9.53 Å². The molecule has 1 heterocycles. The van der Waals surface area contributed by atoms with Gasteiger partial charge in [0.05, 0.1) is 0 Å². The average molecular weight is 262 g/mol. The minimum atomic E-state index is -0.343. The first-order valence-corrected chi connectivity index (χ1v) is 6.92. The van der Waals surface area contributed by atoms with Crippen molar-refractivity contribution in [3.05, 3.63) is 35.9 Å². The molecule has 1 fully saturated rings. The Bertz CT molecular complexity index is 386. The molecule has 1 aromatic carbocycles. The summed E-state index contributed by atoms with van der Waals surface area (Å²) >= 11 is 0. The summed E-state index contributed by atoms with van der Waals surface area (Å²) in [7, 11) is 0. The van der Waals surface area contributed by atoms with Crippen molar-refractivity contribution in [1.82, 2.24) is 10.6 Å². The molecule has 1 aliphatic rings. The van der Waals surface area contributed by atoms with Crippen LogP contribution in [0.1, 0.15) is 25.3 Å². The SMILES string of the molecule is C[C@@H]1CC[C@@H](CNC(=O)OCc2ccccc2)NC1. The predicted molar refractivity (Wildman–Crippen MR) is 74.8 cm³/mol. The van der Waals surface area contributed by atoms with E-state index in [1.807, 2.05) is 30.3 Å². The number of nitrogens with one attached hydrogen (secondary N) is 2. The van der Waals surface area contributed by atoms with Crippen molar-refractivity contribution in [3.63, 3.8) is 0 Å². The number of ether oxygens (including phenoxy) is 1. The van der Waals surface area contributed by atoms with E-state index < -0.39 is 0 Å². The number of hydrogen-bond donors (Lipinski definition) is 2. The number of rotatable bonds is 4. The molecule has 0 radical (unpaired) electrons. The van der Waals surface area contributed by atoms with Crippen LogP contribution in [0.25, 0.3) is 0 Å². The summed E-state index contributed by atoms with van der Waals surface area (Å²) in [4.78, 5) is 11.6. The maximum atomic E-state index is 11.6. The molecule has 4 heteroatoms. The van der Waals surface area contributed by atoms with Gasteiger partial charge in [-0.1, -0.05) is 37.3 Å². The van der Waals surface area contributed by atoms with E-state index >= 15 is 0 Å². The number of hydrogen-bond acceptors (Lipinski definition) is 3. The van der Waals surface area contributed by atoms with Gasteiger partial charge in [0.15, 0.2) is 0 Å². The van der Waals surface area contributed by atoms with Crippen LogP contribution in [0.2, 0.25) is 0 Å². The lowest BCUT2D eigenvalue weighted by molar-refractivity contribution is 0.137. The van der Waals surface area contributed by atoms with Crippen LogP contribution < -0.4 is 10.6 Å². The molecule has 0 bridgehead atoms. The molecule has 1 aromatic rings. The topological polar surface area (TPSA) is 50.4 Å². The summed E-state index contributed by atoms with van der Waals surface area (Å²) in [6, 6.07) is 10.1. The summed E-state index contributed by atoms with van der Waals surface area (Å²) in [5.74, 6) is 0.737. The van der Waals surface area contributed by atoms with Gasteiger partial charge in [0.1, 0.15) is 6.61 Å². The summed E-state index contributed by atoms with van der Waals surface area (Å²) in [6.07, 6.45) is 1.99. The van der Waals surface area contributed by atoms with E-state index in [4.69, 9.17) is 4.74 Å². The van der Waals surface area contributed by atoms with E-state index in [1.165, 1.54) is 6.42 Å². The molecule has 2 rings (SSSR count). The van der Waals surface area contributed by atoms with Crippen LogP contribution in [0.3, 0.4) is 0 Å². The highest BCUT2D eigenvalue weighted by Crippen LogP contribution is 2.12. The van der Waals surface area contributed by atoms with Crippen LogP contribution >= 0.6 is 0 Å². The Hall–Kier alpha value is -1.55. The largest absolute Gasteiger partial charge is 0.445 e. The third-order valence-electron chi connectivity index (χ3n) is 3.47. The number of benzene rings is 1. The fraction of sp³-hybridized carbons (Fsp3) is 0.533. The number of carbonyl (C=O) groups excluding carboxylic acids is 1. The summed E-state index contributed by atoms with van der Waals surface area (Å²) < 4.78 is 5.16. The Balaban J connectivity index is 1.62. The van der Waals surface area contributed by atoms with E-state index in [1.54, 1.807) is 0 Å². The van der Waals surface area contributed by atoms with Gasteiger partial charge in [0.25, 0.3) is 0 Å². The average Bonchev–Trinajstić information content (AvgIpc) is 2.45. The van der Waals surface area contributed by atoms with Crippen molar-refractivity contribution in [1.29, 1.82) is 0 Å². The van der Waals surface area contributed by atoms with Crippen molar-refractivity contribution >= 4 is 6.09 Å². The van der Waals surface area contributed by atoms with Gasteiger partial charge in [-0.2, -0.15) is 0 Å². The van der Waals surface area contributed by atoms with E-state index in [0.717, 1.165) is 24.4 Å². The van der Waals surface area contributed by atoms with Gasteiger partial charge in [-0.25, -0.2) is 4.79 Å². The first-order chi connectivity index (χ1) is 9.24. The minimum Gasteiger partial charge on any atom is -0.445 e. The van der Waals surface area contributed by atoms with Gasteiger partial charge in [-0.15, -0.1) is 0 Å². The molecule has 1 aliphatic heterocycles. The Kier molecular flexibility index (Phi) is 5.21. The van der Waals surface area contributed by atoms with Gasteiger partial charge in [-0.3, -0.25) is 0 Å². The molecule has 1 amide bonds. The summed E-state index contributed by atoms with van der Waals surface area (Å²) in [5, 5.41) is 6.24. The number of amides is 1. The zero-order valence-corrected chi connectivity index (χ0v) is 11.4. The number of alkyl carbamates (subject to hydrolysis) is 1. The lowest BCUT2D eigenvalue weighted by atomic mass is 9.96. The maximum absolute atomic E-state index is 11.6. The normalized spacial score (nSPS) is 22.8. The molecule has 1 saturated heterocycles. The van der Waals surface area contributed by atoms with Crippen LogP contribution in [0.4, 0.5) is 4.79 Å². The second-order valence-electron chi connectivity index (χ2n) is 5.23. The Morgan fingerprint density at radius 1 is 1.37 bits per heavy atom. The smallest absolute Gasteiger partial charge is 0.407 e. The van der Waals surface area contributed by atoms with Crippen molar-refractivity contribution in [3.8, 4) is 0 Å². The van der Waals surface area contributed by atoms with Gasteiger partial charge >= 0.3 is 6.09 Å². The van der Waals surface area contributed by atoms with E-state index in [0.29, 0.717) is 19.2 Å². The molecule has 2 atom stereocenters. The third kappa shape index (κ3) is 4.91. The molecule has 0 unspecified atom stereocenters. The highest BCUT2D eigenvalue weighted by molar-refractivity contribution is 5.67. The minimum absolute atomic E-state index is 0.321. The van der Waals surface area contributed by atoms with Gasteiger partial charge in [0.2, 0.25) is 0 Å². The third-order valence-corrected chi connectivity index (χ3v) is 3.47. The Morgan fingerprint density at radius 3 is 2.84 bits per heavy atom. The van der Waals surface area contributed by atoms with E-state index in [9.17, 15) is 4.79 Å². The van der Waals surface area contributed by atoms with Crippen molar-refractivity contribution in [2.75, 3.05) is 13.1 Å².